The van der Waals surface area contributed by atoms with E-state index in [0.717, 1.165) is 15.4 Å². The maximum Gasteiger partial charge on any atom is 0.416 e. The first-order valence-corrected chi connectivity index (χ1v) is 8.30. The molecule has 1 atom stereocenters. The molecular formula is C13H8Br2ClF3S. The topological polar surface area (TPSA) is 0 Å². The third kappa shape index (κ3) is 3.40. The van der Waals surface area contributed by atoms with Crippen LogP contribution in [0, 0.1) is 6.92 Å². The predicted molar refractivity (Wildman–Crippen MR) is 83.6 cm³/mol. The van der Waals surface area contributed by atoms with Crippen molar-refractivity contribution in [1.82, 2.24) is 0 Å². The van der Waals surface area contributed by atoms with Gasteiger partial charge in [-0.05, 0) is 46.6 Å². The summed E-state index contributed by atoms with van der Waals surface area (Å²) in [5.74, 6) is 0. The zero-order chi connectivity index (χ0) is 15.1. The number of halogens is 6. The summed E-state index contributed by atoms with van der Waals surface area (Å²) in [7, 11) is 0. The highest BCUT2D eigenvalue weighted by molar-refractivity contribution is 9.10. The van der Waals surface area contributed by atoms with Crippen LogP contribution in [0.25, 0.3) is 0 Å². The van der Waals surface area contributed by atoms with E-state index in [1.165, 1.54) is 17.4 Å². The van der Waals surface area contributed by atoms with Crippen LogP contribution < -0.4 is 0 Å². The molecule has 108 valence electrons. The summed E-state index contributed by atoms with van der Waals surface area (Å²) in [5, 5.41) is -0.824. The van der Waals surface area contributed by atoms with Gasteiger partial charge in [0, 0.05) is 18.7 Å². The standard InChI is InChI=1S/C13H8Br2ClF3S/c1-6-10(15)5-11(20-6)12(16)8-3-2-7(14)4-9(8)13(17,18)19/h2-5,12H,1H3. The van der Waals surface area contributed by atoms with Gasteiger partial charge in [0.2, 0.25) is 0 Å². The molecule has 0 fully saturated rings. The summed E-state index contributed by atoms with van der Waals surface area (Å²) in [6.45, 7) is 1.88. The van der Waals surface area contributed by atoms with Gasteiger partial charge in [-0.1, -0.05) is 22.0 Å². The molecule has 0 spiro atoms. The molecule has 0 aliphatic heterocycles. The fourth-order valence-corrected chi connectivity index (χ4v) is 4.06. The lowest BCUT2D eigenvalue weighted by molar-refractivity contribution is -0.138. The van der Waals surface area contributed by atoms with Crippen LogP contribution in [0.2, 0.25) is 0 Å². The Kier molecular flexibility index (Phi) is 4.89. The molecule has 0 amide bonds. The summed E-state index contributed by atoms with van der Waals surface area (Å²) in [6.07, 6.45) is -4.43. The minimum atomic E-state index is -4.43. The molecule has 0 nitrogen and oxygen atoms in total. The van der Waals surface area contributed by atoms with Gasteiger partial charge in [-0.2, -0.15) is 13.2 Å². The van der Waals surface area contributed by atoms with Crippen molar-refractivity contribution >= 4 is 54.8 Å². The van der Waals surface area contributed by atoms with Gasteiger partial charge in [0.25, 0.3) is 0 Å². The summed E-state index contributed by atoms with van der Waals surface area (Å²) in [6, 6.07) is 5.79. The van der Waals surface area contributed by atoms with Crippen LogP contribution in [0.4, 0.5) is 13.2 Å². The second-order valence-electron chi connectivity index (χ2n) is 4.14. The van der Waals surface area contributed by atoms with Gasteiger partial charge < -0.3 is 0 Å². The first-order chi connectivity index (χ1) is 9.20. The maximum absolute atomic E-state index is 13.1. The van der Waals surface area contributed by atoms with Crippen molar-refractivity contribution in [2.45, 2.75) is 18.5 Å². The van der Waals surface area contributed by atoms with Gasteiger partial charge >= 0.3 is 6.18 Å². The van der Waals surface area contributed by atoms with Crippen molar-refractivity contribution in [3.05, 3.63) is 54.1 Å². The van der Waals surface area contributed by atoms with Crippen molar-refractivity contribution < 1.29 is 13.2 Å². The molecular weight excluding hydrogens is 440 g/mol. The molecule has 0 bridgehead atoms. The van der Waals surface area contributed by atoms with Crippen molar-refractivity contribution in [3.8, 4) is 0 Å². The van der Waals surface area contributed by atoms with Gasteiger partial charge in [-0.3, -0.25) is 0 Å². The van der Waals surface area contributed by atoms with E-state index in [4.69, 9.17) is 11.6 Å². The van der Waals surface area contributed by atoms with E-state index >= 15 is 0 Å². The third-order valence-electron chi connectivity index (χ3n) is 2.72. The average Bonchev–Trinajstić information content (AvgIpc) is 2.67. The van der Waals surface area contributed by atoms with E-state index in [1.54, 1.807) is 12.1 Å². The number of hydrogen-bond donors (Lipinski definition) is 0. The number of hydrogen-bond acceptors (Lipinski definition) is 1. The summed E-state index contributed by atoms with van der Waals surface area (Å²) < 4.78 is 40.5. The molecule has 0 radical (unpaired) electrons. The lowest BCUT2D eigenvalue weighted by Crippen LogP contribution is -2.10. The fraction of sp³-hybridized carbons (Fsp3) is 0.231. The van der Waals surface area contributed by atoms with Crippen LogP contribution in [-0.2, 0) is 6.18 Å². The number of aryl methyl sites for hydroxylation is 1. The molecule has 0 aliphatic rings. The summed E-state index contributed by atoms with van der Waals surface area (Å²) in [4.78, 5) is 1.67. The highest BCUT2D eigenvalue weighted by atomic mass is 79.9. The van der Waals surface area contributed by atoms with E-state index in [1.807, 2.05) is 6.92 Å². The highest BCUT2D eigenvalue weighted by Gasteiger charge is 2.35. The summed E-state index contributed by atoms with van der Waals surface area (Å²) >= 11 is 14.0. The van der Waals surface area contributed by atoms with Gasteiger partial charge in [-0.25, -0.2) is 0 Å². The van der Waals surface area contributed by atoms with Crippen LogP contribution >= 0.6 is 54.8 Å². The van der Waals surface area contributed by atoms with E-state index in [9.17, 15) is 13.2 Å². The van der Waals surface area contributed by atoms with Crippen LogP contribution in [0.5, 0.6) is 0 Å². The SMILES string of the molecule is Cc1sc(C(Cl)c2ccc(Br)cc2C(F)(F)F)cc1Br. The second kappa shape index (κ2) is 5.99. The van der Waals surface area contributed by atoms with E-state index in [0.29, 0.717) is 9.35 Å². The minimum absolute atomic E-state index is 0.0658. The number of thiophene rings is 1. The third-order valence-corrected chi connectivity index (χ3v) is 6.01. The second-order valence-corrected chi connectivity index (χ2v) is 7.64. The Balaban J connectivity index is 2.52. The monoisotopic (exact) mass is 446 g/mol. The lowest BCUT2D eigenvalue weighted by atomic mass is 10.0. The Morgan fingerprint density at radius 2 is 1.85 bits per heavy atom. The molecule has 0 saturated heterocycles. The summed E-state index contributed by atoms with van der Waals surface area (Å²) in [5.41, 5.74) is -0.648. The quantitative estimate of drug-likeness (QED) is 0.437. The van der Waals surface area contributed by atoms with E-state index in [-0.39, 0.29) is 5.56 Å². The molecule has 20 heavy (non-hydrogen) atoms. The van der Waals surface area contributed by atoms with Crippen LogP contribution in [0.1, 0.15) is 26.3 Å². The van der Waals surface area contributed by atoms with Crippen LogP contribution in [0.3, 0.4) is 0 Å². The first kappa shape index (κ1) is 16.3. The number of alkyl halides is 4. The Hall–Kier alpha value is -0.0400. The van der Waals surface area contributed by atoms with Crippen LogP contribution in [0.15, 0.2) is 33.2 Å². The minimum Gasteiger partial charge on any atom is -0.166 e. The van der Waals surface area contributed by atoms with Gasteiger partial charge in [0.05, 0.1) is 10.9 Å². The Bertz CT molecular complexity index is 618. The van der Waals surface area contributed by atoms with Crippen molar-refractivity contribution in [1.29, 1.82) is 0 Å². The van der Waals surface area contributed by atoms with Crippen molar-refractivity contribution in [2.24, 2.45) is 0 Å². The van der Waals surface area contributed by atoms with Crippen molar-refractivity contribution in [3.63, 3.8) is 0 Å². The largest absolute Gasteiger partial charge is 0.416 e. The van der Waals surface area contributed by atoms with Crippen molar-refractivity contribution in [2.75, 3.05) is 0 Å². The number of benzene rings is 1. The smallest absolute Gasteiger partial charge is 0.166 e. The fourth-order valence-electron chi connectivity index (χ4n) is 1.75. The average molecular weight is 449 g/mol. The van der Waals surface area contributed by atoms with Gasteiger partial charge in [0.1, 0.15) is 0 Å². The zero-order valence-corrected chi connectivity index (χ0v) is 14.8. The Morgan fingerprint density at radius 1 is 1.20 bits per heavy atom. The molecule has 1 heterocycles. The van der Waals surface area contributed by atoms with Gasteiger partial charge in [0.15, 0.2) is 0 Å². The maximum atomic E-state index is 13.1. The molecule has 1 unspecified atom stereocenters. The molecule has 0 saturated carbocycles. The molecule has 0 aliphatic carbocycles. The molecule has 2 aromatic rings. The predicted octanol–water partition coefficient (Wildman–Crippen LogP) is 6.93. The Labute approximate surface area is 140 Å². The molecule has 1 aromatic heterocycles. The lowest BCUT2D eigenvalue weighted by Gasteiger charge is -2.16. The van der Waals surface area contributed by atoms with E-state index in [2.05, 4.69) is 31.9 Å². The zero-order valence-electron chi connectivity index (χ0n) is 10.1. The molecule has 1 aromatic carbocycles. The van der Waals surface area contributed by atoms with Crippen LogP contribution in [-0.4, -0.2) is 0 Å². The normalized spacial score (nSPS) is 13.6. The molecule has 2 rings (SSSR count). The van der Waals surface area contributed by atoms with E-state index < -0.39 is 17.1 Å². The van der Waals surface area contributed by atoms with Gasteiger partial charge in [-0.15, -0.1) is 22.9 Å². The number of rotatable bonds is 2. The Morgan fingerprint density at radius 3 is 2.35 bits per heavy atom. The molecule has 7 heteroatoms. The highest BCUT2D eigenvalue weighted by Crippen LogP contribution is 2.43. The molecule has 0 N–H and O–H groups in total. The first-order valence-electron chi connectivity index (χ1n) is 5.46.